The third kappa shape index (κ3) is 3.95. The molecular formula is C12H8Cl2N2O. The molecule has 0 heterocycles. The van der Waals surface area contributed by atoms with E-state index in [1.807, 2.05) is 0 Å². The van der Waals surface area contributed by atoms with E-state index in [4.69, 9.17) is 34.2 Å². The lowest BCUT2D eigenvalue weighted by Crippen LogP contribution is -2.12. The number of nitrogens with two attached hydrogens (primary N) is 1. The molecule has 0 unspecified atom stereocenters. The summed E-state index contributed by atoms with van der Waals surface area (Å²) < 4.78 is 0. The van der Waals surface area contributed by atoms with Crippen LogP contribution in [0.4, 0.5) is 0 Å². The Morgan fingerprint density at radius 3 is 2.35 bits per heavy atom. The van der Waals surface area contributed by atoms with Crippen LogP contribution in [0.15, 0.2) is 42.0 Å². The van der Waals surface area contributed by atoms with Crippen LogP contribution >= 0.6 is 23.2 Å². The summed E-state index contributed by atoms with van der Waals surface area (Å²) in [5.41, 5.74) is 5.55. The number of carbonyl (C=O) groups excluding carboxylic acids is 1. The molecule has 0 atom stereocenters. The van der Waals surface area contributed by atoms with Crippen molar-refractivity contribution in [2.45, 2.75) is 0 Å². The van der Waals surface area contributed by atoms with Crippen LogP contribution in [0.3, 0.4) is 0 Å². The van der Waals surface area contributed by atoms with Crippen LogP contribution < -0.4 is 5.73 Å². The third-order valence-electron chi connectivity index (χ3n) is 1.90. The molecule has 17 heavy (non-hydrogen) atoms. The number of hydrogen-bond donors (Lipinski definition) is 1. The Bertz CT molecular complexity index is 524. The Morgan fingerprint density at radius 1 is 1.29 bits per heavy atom. The largest absolute Gasteiger partial charge is 0.365 e. The highest BCUT2D eigenvalue weighted by molar-refractivity contribution is 6.49. The predicted octanol–water partition coefficient (Wildman–Crippen LogP) is 2.85. The molecule has 0 aliphatic rings. The van der Waals surface area contributed by atoms with Gasteiger partial charge < -0.3 is 5.73 Å². The zero-order valence-corrected chi connectivity index (χ0v) is 10.2. The van der Waals surface area contributed by atoms with Gasteiger partial charge in [0.15, 0.2) is 0 Å². The van der Waals surface area contributed by atoms with Gasteiger partial charge in [-0.25, -0.2) is 0 Å². The van der Waals surface area contributed by atoms with Gasteiger partial charge in [0.05, 0.1) is 0 Å². The maximum atomic E-state index is 10.8. The van der Waals surface area contributed by atoms with E-state index >= 15 is 0 Å². The van der Waals surface area contributed by atoms with Crippen LogP contribution in [-0.4, -0.2) is 5.91 Å². The number of carbonyl (C=O) groups is 1. The van der Waals surface area contributed by atoms with Gasteiger partial charge in [-0.15, -0.1) is 0 Å². The molecule has 0 saturated heterocycles. The number of rotatable bonds is 3. The van der Waals surface area contributed by atoms with Crippen molar-refractivity contribution in [2.24, 2.45) is 5.73 Å². The number of nitriles is 1. The first-order valence-corrected chi connectivity index (χ1v) is 5.33. The van der Waals surface area contributed by atoms with Crippen LogP contribution in [0.2, 0.25) is 5.02 Å². The molecule has 5 heteroatoms. The summed E-state index contributed by atoms with van der Waals surface area (Å²) in [6.45, 7) is 0. The van der Waals surface area contributed by atoms with E-state index < -0.39 is 5.91 Å². The second kappa shape index (κ2) is 6.09. The first-order chi connectivity index (χ1) is 8.04. The van der Waals surface area contributed by atoms with E-state index in [-0.39, 0.29) is 5.57 Å². The molecule has 1 rings (SSSR count). The summed E-state index contributed by atoms with van der Waals surface area (Å²) in [5, 5.41) is 9.59. The Hall–Kier alpha value is -1.76. The molecule has 0 fully saturated rings. The van der Waals surface area contributed by atoms with Crippen LogP contribution in [0, 0.1) is 11.3 Å². The van der Waals surface area contributed by atoms with Gasteiger partial charge in [-0.1, -0.05) is 35.3 Å². The number of amides is 1. The number of allylic oxidation sites excluding steroid dienone is 2. The number of hydrogen-bond acceptors (Lipinski definition) is 2. The molecular weight excluding hydrogens is 259 g/mol. The van der Waals surface area contributed by atoms with E-state index in [1.165, 1.54) is 12.2 Å². The average Bonchev–Trinajstić information content (AvgIpc) is 2.30. The average molecular weight is 267 g/mol. The normalized spacial score (nSPS) is 12.1. The molecule has 0 aromatic heterocycles. The van der Waals surface area contributed by atoms with Gasteiger partial charge in [-0.05, 0) is 29.8 Å². The van der Waals surface area contributed by atoms with Gasteiger partial charge in [0.25, 0.3) is 5.91 Å². The molecule has 0 bridgehead atoms. The second-order valence-electron chi connectivity index (χ2n) is 3.08. The van der Waals surface area contributed by atoms with Crippen LogP contribution in [0.25, 0.3) is 5.03 Å². The molecule has 0 saturated carbocycles. The minimum Gasteiger partial charge on any atom is -0.365 e. The first kappa shape index (κ1) is 13.3. The van der Waals surface area contributed by atoms with Crippen LogP contribution in [0.1, 0.15) is 5.56 Å². The second-order valence-corrected chi connectivity index (χ2v) is 3.92. The maximum Gasteiger partial charge on any atom is 0.259 e. The van der Waals surface area contributed by atoms with E-state index in [0.29, 0.717) is 10.1 Å². The maximum absolute atomic E-state index is 10.8. The van der Waals surface area contributed by atoms with Crippen molar-refractivity contribution in [1.29, 1.82) is 5.26 Å². The summed E-state index contributed by atoms with van der Waals surface area (Å²) >= 11 is 11.7. The molecule has 0 aliphatic carbocycles. The van der Waals surface area contributed by atoms with Gasteiger partial charge in [-0.3, -0.25) is 4.79 Å². The highest BCUT2D eigenvalue weighted by Crippen LogP contribution is 2.21. The monoisotopic (exact) mass is 266 g/mol. The van der Waals surface area contributed by atoms with Crippen LogP contribution in [0.5, 0.6) is 0 Å². The van der Waals surface area contributed by atoms with Crippen molar-refractivity contribution in [1.82, 2.24) is 0 Å². The molecule has 0 aliphatic heterocycles. The molecule has 0 radical (unpaired) electrons. The van der Waals surface area contributed by atoms with Crippen molar-refractivity contribution in [3.8, 4) is 6.07 Å². The Balaban J connectivity index is 2.98. The van der Waals surface area contributed by atoms with Crippen molar-refractivity contribution in [3.63, 3.8) is 0 Å². The summed E-state index contributed by atoms with van der Waals surface area (Å²) in [7, 11) is 0. The van der Waals surface area contributed by atoms with Gasteiger partial charge in [0.2, 0.25) is 0 Å². The zero-order valence-electron chi connectivity index (χ0n) is 8.65. The first-order valence-electron chi connectivity index (χ1n) is 4.58. The number of nitrogens with zero attached hydrogens (tertiary/aromatic N) is 1. The number of halogens is 2. The fraction of sp³-hybridized carbons (Fsp3) is 0. The lowest BCUT2D eigenvalue weighted by atomic mass is 10.2. The Morgan fingerprint density at radius 2 is 1.88 bits per heavy atom. The van der Waals surface area contributed by atoms with Crippen molar-refractivity contribution >= 4 is 34.1 Å². The molecule has 86 valence electrons. The van der Waals surface area contributed by atoms with Crippen molar-refractivity contribution in [3.05, 3.63) is 52.6 Å². The van der Waals surface area contributed by atoms with Gasteiger partial charge in [0, 0.05) is 10.1 Å². The Labute approximate surface area is 109 Å². The van der Waals surface area contributed by atoms with Gasteiger partial charge in [-0.2, -0.15) is 5.26 Å². The zero-order chi connectivity index (χ0) is 12.8. The SMILES string of the molecule is N#CC(=CC=C(Cl)c1ccc(Cl)cc1)C(N)=O. The number of benzene rings is 1. The molecule has 3 nitrogen and oxygen atoms in total. The molecule has 0 spiro atoms. The third-order valence-corrected chi connectivity index (χ3v) is 2.50. The van der Waals surface area contributed by atoms with Crippen molar-refractivity contribution < 1.29 is 4.79 Å². The number of primary amides is 1. The van der Waals surface area contributed by atoms with E-state index in [9.17, 15) is 4.79 Å². The minimum atomic E-state index is -0.788. The van der Waals surface area contributed by atoms with E-state index in [1.54, 1.807) is 30.3 Å². The summed E-state index contributed by atoms with van der Waals surface area (Å²) in [6.07, 6.45) is 2.72. The molecule has 2 N–H and O–H groups in total. The van der Waals surface area contributed by atoms with Gasteiger partial charge >= 0.3 is 0 Å². The quantitative estimate of drug-likeness (QED) is 0.519. The topological polar surface area (TPSA) is 66.9 Å². The molecule has 1 aromatic rings. The van der Waals surface area contributed by atoms with E-state index in [0.717, 1.165) is 5.56 Å². The fourth-order valence-electron chi connectivity index (χ4n) is 1.04. The molecule has 1 amide bonds. The summed E-state index contributed by atoms with van der Waals surface area (Å²) in [4.78, 5) is 10.8. The van der Waals surface area contributed by atoms with E-state index in [2.05, 4.69) is 0 Å². The minimum absolute atomic E-state index is 0.155. The highest BCUT2D eigenvalue weighted by Gasteiger charge is 2.02. The van der Waals surface area contributed by atoms with Crippen molar-refractivity contribution in [2.75, 3.05) is 0 Å². The predicted molar refractivity (Wildman–Crippen MR) is 68.2 cm³/mol. The summed E-state index contributed by atoms with van der Waals surface area (Å²) in [6, 6.07) is 8.52. The molecule has 1 aromatic carbocycles. The standard InChI is InChI=1S/C12H8Cl2N2O/c13-10-4-1-8(2-5-10)11(14)6-3-9(7-15)12(16)17/h1-6H,(H2,16,17). The fourth-order valence-corrected chi connectivity index (χ4v) is 1.35. The smallest absolute Gasteiger partial charge is 0.259 e. The Kier molecular flexibility index (Phi) is 4.77. The lowest BCUT2D eigenvalue weighted by molar-refractivity contribution is -0.114. The summed E-state index contributed by atoms with van der Waals surface area (Å²) in [5.74, 6) is -0.788. The van der Waals surface area contributed by atoms with Crippen LogP contribution in [-0.2, 0) is 4.79 Å². The lowest BCUT2D eigenvalue weighted by Gasteiger charge is -1.98. The van der Waals surface area contributed by atoms with Gasteiger partial charge in [0.1, 0.15) is 11.6 Å². The highest BCUT2D eigenvalue weighted by atomic mass is 35.5.